The smallest absolute Gasteiger partial charge is 0.132 e. The Kier molecular flexibility index (Phi) is 3.72. The fourth-order valence-corrected chi connectivity index (χ4v) is 2.32. The Labute approximate surface area is 96.9 Å². The molecule has 0 radical (unpaired) electrons. The van der Waals surface area contributed by atoms with Crippen LogP contribution in [0, 0.1) is 0 Å². The molecule has 4 heteroatoms. The Morgan fingerprint density at radius 3 is 3.12 bits per heavy atom. The first-order valence-electron chi connectivity index (χ1n) is 6.12. The molecule has 4 nitrogen and oxygen atoms in total. The number of hydrogen-bond acceptors (Lipinski definition) is 4. The summed E-state index contributed by atoms with van der Waals surface area (Å²) in [5.41, 5.74) is 6.91. The number of nitrogens with zero attached hydrogens (tertiary/aromatic N) is 3. The van der Waals surface area contributed by atoms with Crippen LogP contribution in [0.2, 0.25) is 0 Å². The van der Waals surface area contributed by atoms with Crippen LogP contribution in [0.1, 0.15) is 31.9 Å². The average molecular weight is 220 g/mol. The first-order valence-corrected chi connectivity index (χ1v) is 6.12. The van der Waals surface area contributed by atoms with Gasteiger partial charge in [-0.05, 0) is 19.3 Å². The minimum Gasteiger partial charge on any atom is -0.352 e. The van der Waals surface area contributed by atoms with E-state index < -0.39 is 0 Å². The van der Waals surface area contributed by atoms with Gasteiger partial charge in [-0.1, -0.05) is 13.3 Å². The monoisotopic (exact) mass is 220 g/mol. The van der Waals surface area contributed by atoms with Crippen molar-refractivity contribution in [2.24, 2.45) is 5.73 Å². The summed E-state index contributed by atoms with van der Waals surface area (Å²) in [4.78, 5) is 11.0. The van der Waals surface area contributed by atoms with Gasteiger partial charge in [0.2, 0.25) is 0 Å². The van der Waals surface area contributed by atoms with E-state index in [1.165, 1.54) is 12.8 Å². The summed E-state index contributed by atoms with van der Waals surface area (Å²) in [6, 6.07) is 2.57. The van der Waals surface area contributed by atoms with Crippen molar-refractivity contribution < 1.29 is 0 Å². The van der Waals surface area contributed by atoms with Crippen LogP contribution in [0.3, 0.4) is 0 Å². The van der Waals surface area contributed by atoms with Gasteiger partial charge in [-0.3, -0.25) is 0 Å². The van der Waals surface area contributed by atoms with Gasteiger partial charge in [0.25, 0.3) is 0 Å². The van der Waals surface area contributed by atoms with Crippen molar-refractivity contribution in [2.45, 2.75) is 38.6 Å². The first kappa shape index (κ1) is 11.3. The molecule has 0 aromatic carbocycles. The second kappa shape index (κ2) is 5.25. The number of nitrogens with two attached hydrogens (primary N) is 1. The van der Waals surface area contributed by atoms with E-state index in [4.69, 9.17) is 5.73 Å². The van der Waals surface area contributed by atoms with Gasteiger partial charge in [0.05, 0.1) is 0 Å². The lowest BCUT2D eigenvalue weighted by Gasteiger charge is -2.24. The molecule has 1 aliphatic heterocycles. The Balaban J connectivity index is 2.16. The van der Waals surface area contributed by atoms with Crippen LogP contribution in [0.25, 0.3) is 0 Å². The van der Waals surface area contributed by atoms with Crippen molar-refractivity contribution in [1.82, 2.24) is 9.97 Å². The number of hydrogen-bond donors (Lipinski definition) is 1. The lowest BCUT2D eigenvalue weighted by atomic mass is 10.2. The summed E-state index contributed by atoms with van der Waals surface area (Å²) < 4.78 is 0. The molecule has 1 atom stereocenters. The molecule has 0 spiro atoms. The van der Waals surface area contributed by atoms with Crippen LogP contribution in [-0.4, -0.2) is 29.1 Å². The molecule has 1 fully saturated rings. The highest BCUT2D eigenvalue weighted by Crippen LogP contribution is 2.23. The molecule has 2 N–H and O–H groups in total. The third-order valence-electron chi connectivity index (χ3n) is 3.16. The van der Waals surface area contributed by atoms with E-state index in [0.29, 0.717) is 12.6 Å². The van der Waals surface area contributed by atoms with E-state index in [9.17, 15) is 0 Å². The highest BCUT2D eigenvalue weighted by atomic mass is 15.2. The molecule has 1 aromatic heterocycles. The Hall–Kier alpha value is -1.16. The molecule has 0 amide bonds. The maximum Gasteiger partial charge on any atom is 0.132 e. The highest BCUT2D eigenvalue weighted by Gasteiger charge is 2.24. The molecule has 1 aliphatic rings. The quantitative estimate of drug-likeness (QED) is 0.832. The molecule has 0 saturated carbocycles. The van der Waals surface area contributed by atoms with Crippen molar-refractivity contribution in [3.8, 4) is 0 Å². The van der Waals surface area contributed by atoms with Crippen molar-refractivity contribution in [3.05, 3.63) is 18.1 Å². The normalized spacial score (nSPS) is 20.4. The van der Waals surface area contributed by atoms with Gasteiger partial charge in [-0.2, -0.15) is 0 Å². The van der Waals surface area contributed by atoms with Crippen LogP contribution in [0.4, 0.5) is 5.82 Å². The molecule has 1 aromatic rings. The number of aryl methyl sites for hydroxylation is 1. The lowest BCUT2D eigenvalue weighted by Crippen LogP contribution is -2.36. The minimum atomic E-state index is 0.462. The van der Waals surface area contributed by atoms with Gasteiger partial charge in [0.15, 0.2) is 0 Å². The fraction of sp³-hybridized carbons (Fsp3) is 0.667. The first-order chi connectivity index (χ1) is 7.85. The zero-order valence-corrected chi connectivity index (χ0v) is 9.89. The summed E-state index contributed by atoms with van der Waals surface area (Å²) in [6.45, 7) is 3.96. The van der Waals surface area contributed by atoms with Crippen molar-refractivity contribution in [2.75, 3.05) is 18.0 Å². The molecule has 2 heterocycles. The van der Waals surface area contributed by atoms with Gasteiger partial charge in [-0.15, -0.1) is 0 Å². The second-order valence-corrected chi connectivity index (χ2v) is 4.34. The maximum atomic E-state index is 5.77. The van der Waals surface area contributed by atoms with E-state index in [2.05, 4.69) is 27.9 Å². The van der Waals surface area contributed by atoms with E-state index in [1.54, 1.807) is 6.33 Å². The molecule has 0 aliphatic carbocycles. The largest absolute Gasteiger partial charge is 0.352 e. The molecule has 88 valence electrons. The maximum absolute atomic E-state index is 5.77. The Morgan fingerprint density at radius 2 is 2.38 bits per heavy atom. The lowest BCUT2D eigenvalue weighted by molar-refractivity contribution is 0.669. The molecule has 1 unspecified atom stereocenters. The molecule has 0 bridgehead atoms. The topological polar surface area (TPSA) is 55.0 Å². The van der Waals surface area contributed by atoms with E-state index >= 15 is 0 Å². The average Bonchev–Trinajstić information content (AvgIpc) is 2.78. The number of anilines is 1. The van der Waals surface area contributed by atoms with E-state index in [0.717, 1.165) is 30.9 Å². The summed E-state index contributed by atoms with van der Waals surface area (Å²) in [5.74, 6) is 1.05. The van der Waals surface area contributed by atoms with Crippen molar-refractivity contribution in [1.29, 1.82) is 0 Å². The summed E-state index contributed by atoms with van der Waals surface area (Å²) in [7, 11) is 0. The molecular formula is C12H20N4. The second-order valence-electron chi connectivity index (χ2n) is 4.34. The van der Waals surface area contributed by atoms with Crippen LogP contribution in [0.15, 0.2) is 12.4 Å². The van der Waals surface area contributed by atoms with Crippen LogP contribution >= 0.6 is 0 Å². The summed E-state index contributed by atoms with van der Waals surface area (Å²) >= 11 is 0. The summed E-state index contributed by atoms with van der Waals surface area (Å²) in [5, 5.41) is 0. The molecule has 2 rings (SSSR count). The van der Waals surface area contributed by atoms with Crippen molar-refractivity contribution in [3.63, 3.8) is 0 Å². The zero-order valence-electron chi connectivity index (χ0n) is 9.89. The van der Waals surface area contributed by atoms with E-state index in [1.807, 2.05) is 0 Å². The number of aromatic nitrogens is 2. The predicted molar refractivity (Wildman–Crippen MR) is 65.4 cm³/mol. The SMILES string of the molecule is CCCc1cc(N2CCCC2CN)ncn1. The van der Waals surface area contributed by atoms with Crippen LogP contribution in [0.5, 0.6) is 0 Å². The van der Waals surface area contributed by atoms with Gasteiger partial charge >= 0.3 is 0 Å². The number of rotatable bonds is 4. The highest BCUT2D eigenvalue weighted by molar-refractivity contribution is 5.41. The van der Waals surface area contributed by atoms with Crippen LogP contribution < -0.4 is 10.6 Å². The third-order valence-corrected chi connectivity index (χ3v) is 3.16. The standard InChI is InChI=1S/C12H20N4/c1-2-4-10-7-12(15-9-14-10)16-6-3-5-11(16)8-13/h7,9,11H,2-6,8,13H2,1H3. The third kappa shape index (κ3) is 2.32. The minimum absolute atomic E-state index is 0.462. The van der Waals surface area contributed by atoms with Gasteiger partial charge in [0, 0.05) is 30.9 Å². The summed E-state index contributed by atoms with van der Waals surface area (Å²) in [6.07, 6.45) is 6.22. The van der Waals surface area contributed by atoms with Gasteiger partial charge in [-0.25, -0.2) is 9.97 Å². The predicted octanol–water partition coefficient (Wildman–Crippen LogP) is 1.36. The molecular weight excluding hydrogens is 200 g/mol. The molecule has 16 heavy (non-hydrogen) atoms. The van der Waals surface area contributed by atoms with Crippen molar-refractivity contribution >= 4 is 5.82 Å². The molecule has 1 saturated heterocycles. The Morgan fingerprint density at radius 1 is 1.50 bits per heavy atom. The van der Waals surface area contributed by atoms with Gasteiger partial charge < -0.3 is 10.6 Å². The van der Waals surface area contributed by atoms with E-state index in [-0.39, 0.29) is 0 Å². The Bertz CT molecular complexity index is 340. The fourth-order valence-electron chi connectivity index (χ4n) is 2.32. The van der Waals surface area contributed by atoms with Crippen LogP contribution in [-0.2, 0) is 6.42 Å². The van der Waals surface area contributed by atoms with Gasteiger partial charge in [0.1, 0.15) is 12.1 Å². The zero-order chi connectivity index (χ0) is 11.4.